The first-order valence-electron chi connectivity index (χ1n) is 41.5. The van der Waals surface area contributed by atoms with Crippen LogP contribution in [0.2, 0.25) is 0 Å². The highest BCUT2D eigenvalue weighted by atomic mass is 32.1. The van der Waals surface area contributed by atoms with Gasteiger partial charge in [0, 0.05) is 120 Å². The van der Waals surface area contributed by atoms with E-state index in [9.17, 15) is 0 Å². The zero-order valence-corrected chi connectivity index (χ0v) is 67.7. The topological polar surface area (TPSA) is 29.5 Å². The van der Waals surface area contributed by atoms with Crippen LogP contribution in [-0.4, -0.2) is 9.13 Å². The van der Waals surface area contributed by atoms with Gasteiger partial charge in [0.2, 0.25) is 0 Å². The highest BCUT2D eigenvalue weighted by molar-refractivity contribution is 7.26. The van der Waals surface area contributed by atoms with Crippen molar-refractivity contribution in [1.82, 2.24) is 9.13 Å². The predicted molar refractivity (Wildman–Crippen MR) is 508 cm³/mol. The normalized spacial score (nSPS) is 13.0. The molecule has 24 rings (SSSR count). The van der Waals surface area contributed by atoms with Crippen LogP contribution in [0.1, 0.15) is 49.9 Å². The third-order valence-corrected chi connectivity index (χ3v) is 26.8. The van der Waals surface area contributed by atoms with Crippen molar-refractivity contribution < 1.29 is 4.42 Å². The van der Waals surface area contributed by atoms with Gasteiger partial charge in [-0.05, 0) is 223 Å². The summed E-state index contributed by atoms with van der Waals surface area (Å²) in [6, 6.07) is 151. The van der Waals surface area contributed by atoms with Gasteiger partial charge in [0.05, 0.1) is 22.1 Å². The Labute approximate surface area is 701 Å². The molecule has 4 heterocycles. The summed E-state index contributed by atoms with van der Waals surface area (Å²) in [5.74, 6) is 0. The molecule has 0 N–H and O–H groups in total. The molecule has 0 unspecified atom stereocenters. The molecule has 0 fully saturated rings. The Bertz CT molecular complexity index is 7320. The zero-order valence-electron chi connectivity index (χ0n) is 66.9. The van der Waals surface area contributed by atoms with Gasteiger partial charge in [-0.2, -0.15) is 0 Å². The van der Waals surface area contributed by atoms with Gasteiger partial charge < -0.3 is 23.4 Å². The molecule has 120 heavy (non-hydrogen) atoms. The van der Waals surface area contributed by atoms with Crippen LogP contribution in [0.15, 0.2) is 417 Å². The molecule has 568 valence electrons. The lowest BCUT2D eigenvalue weighted by Crippen LogP contribution is -2.16. The Hall–Kier alpha value is -14.8. The molecule has 6 heteroatoms. The number of hydrogen-bond acceptors (Lipinski definition) is 4. The van der Waals surface area contributed by atoms with E-state index in [2.05, 4.69) is 453 Å². The predicted octanol–water partition coefficient (Wildman–Crippen LogP) is 32.1. The third-order valence-electron chi connectivity index (χ3n) is 25.6. The monoisotopic (exact) mass is 1550 g/mol. The molecule has 0 saturated carbocycles. The van der Waals surface area contributed by atoms with Crippen LogP contribution in [0.3, 0.4) is 0 Å². The number of furan rings is 1. The van der Waals surface area contributed by atoms with Crippen molar-refractivity contribution in [3.05, 3.63) is 435 Å². The van der Waals surface area contributed by atoms with E-state index in [1.54, 1.807) is 0 Å². The molecule has 2 aliphatic rings. The lowest BCUT2D eigenvalue weighted by molar-refractivity contribution is 0.653. The van der Waals surface area contributed by atoms with Gasteiger partial charge in [0.15, 0.2) is 0 Å². The lowest BCUT2D eigenvalue weighted by atomic mass is 9.82. The Balaban J connectivity index is 0.000000140. The van der Waals surface area contributed by atoms with Crippen molar-refractivity contribution >= 4 is 131 Å². The Morgan fingerprint density at radius 3 is 1.07 bits per heavy atom. The molecule has 5 nitrogen and oxygen atoms in total. The number of fused-ring (bicyclic) bond motifs is 20. The largest absolute Gasteiger partial charge is 0.455 e. The minimum atomic E-state index is -0.219. The zero-order chi connectivity index (χ0) is 79.9. The van der Waals surface area contributed by atoms with E-state index in [0.717, 1.165) is 50.7 Å². The summed E-state index contributed by atoms with van der Waals surface area (Å²) >= 11 is 1.92. The van der Waals surface area contributed by atoms with Crippen molar-refractivity contribution in [2.75, 3.05) is 9.80 Å². The highest BCUT2D eigenvalue weighted by Crippen LogP contribution is 2.57. The number of rotatable bonds is 12. The molecule has 0 spiro atoms. The van der Waals surface area contributed by atoms with E-state index < -0.39 is 0 Å². The molecule has 0 radical (unpaired) electrons. The van der Waals surface area contributed by atoms with Crippen LogP contribution < -0.4 is 9.80 Å². The maximum Gasteiger partial charge on any atom is 0.143 e. The van der Waals surface area contributed by atoms with Gasteiger partial charge in [-0.1, -0.05) is 295 Å². The Morgan fingerprint density at radius 1 is 0.242 bits per heavy atom. The summed E-state index contributed by atoms with van der Waals surface area (Å²) in [6.07, 6.45) is 0. The number of benzene rings is 18. The molecule has 22 aromatic rings. The van der Waals surface area contributed by atoms with Gasteiger partial charge >= 0.3 is 0 Å². The minimum absolute atomic E-state index is 0.153. The van der Waals surface area contributed by atoms with Crippen molar-refractivity contribution in [2.24, 2.45) is 0 Å². The maximum atomic E-state index is 6.61. The quantitative estimate of drug-likeness (QED) is 0.122. The number of thiophene rings is 1. The van der Waals surface area contributed by atoms with Crippen LogP contribution >= 0.6 is 11.3 Å². The fraction of sp³-hybridized carbons (Fsp3) is 0.0526. The van der Waals surface area contributed by atoms with Crippen molar-refractivity contribution in [2.45, 2.75) is 38.5 Å². The Morgan fingerprint density at radius 2 is 0.592 bits per heavy atom. The standard InChI is InChI=1S/C57H40N2O.C57H40N2S/c2*1-57(2)50-33-32-47-46-18-10-12-20-54(46)60-56(47)55(50)48-31-30-44(36-51(48)57)58(42-26-21-38(22-27-42)37-13-5-3-6-14-37)43-28-23-39(24-29-43)40-25-34-53-49(35-40)45-17-9-11-19-52(45)59(53)41-15-7-4-8-16-41/h2*3-36H,1-2H3. The highest BCUT2D eigenvalue weighted by Gasteiger charge is 2.40. The number of aromatic nitrogens is 2. The van der Waals surface area contributed by atoms with Crippen LogP contribution in [0, 0.1) is 0 Å². The first-order valence-corrected chi connectivity index (χ1v) is 42.3. The average molecular weight is 1550 g/mol. The molecule has 2 aliphatic carbocycles. The van der Waals surface area contributed by atoms with E-state index in [0.29, 0.717) is 0 Å². The van der Waals surface area contributed by atoms with E-state index >= 15 is 0 Å². The fourth-order valence-electron chi connectivity index (χ4n) is 19.6. The second-order valence-corrected chi connectivity index (χ2v) is 34.1. The maximum absolute atomic E-state index is 6.61. The lowest BCUT2D eigenvalue weighted by Gasteiger charge is -2.28. The number of nitrogens with zero attached hydrogens (tertiary/aromatic N) is 4. The third kappa shape index (κ3) is 11.4. The first-order chi connectivity index (χ1) is 59.0. The second kappa shape index (κ2) is 28.0. The number of anilines is 6. The molecular formula is C114H80N4OS. The van der Waals surface area contributed by atoms with E-state index in [1.807, 2.05) is 17.4 Å². The summed E-state index contributed by atoms with van der Waals surface area (Å²) in [5.41, 5.74) is 35.6. The summed E-state index contributed by atoms with van der Waals surface area (Å²) in [5, 5.41) is 10.0. The fourth-order valence-corrected chi connectivity index (χ4v) is 20.9. The molecule has 4 aromatic heterocycles. The van der Waals surface area contributed by atoms with E-state index in [-0.39, 0.29) is 10.8 Å². The van der Waals surface area contributed by atoms with Gasteiger partial charge in [-0.15, -0.1) is 11.3 Å². The van der Waals surface area contributed by atoms with Gasteiger partial charge in [0.25, 0.3) is 0 Å². The van der Waals surface area contributed by atoms with Gasteiger partial charge in [0.1, 0.15) is 11.2 Å². The van der Waals surface area contributed by atoms with Crippen LogP contribution in [0.5, 0.6) is 0 Å². The van der Waals surface area contributed by atoms with Gasteiger partial charge in [-0.25, -0.2) is 0 Å². The summed E-state index contributed by atoms with van der Waals surface area (Å²) in [6.45, 7) is 9.47. The van der Waals surface area contributed by atoms with E-state index in [1.165, 1.54) is 170 Å². The summed E-state index contributed by atoms with van der Waals surface area (Å²) < 4.78 is 14.1. The SMILES string of the molecule is CC1(C)c2cc(N(c3ccc(-c4ccccc4)cc3)c3ccc(-c4ccc5c(c4)c4ccccc4n5-c4ccccc4)cc3)ccc2-c2c1ccc1c2oc2ccccc21.CC1(C)c2cc(N(c3ccc(-c4ccccc4)cc3)c3ccc(-c4ccc5c(c4)c4ccccc4n5-c4ccccc4)cc3)ccc2-c2c1ccc1c2sc2ccccc21. The average Bonchev–Trinajstić information content (AvgIpc) is 1.55. The van der Waals surface area contributed by atoms with Crippen LogP contribution in [0.25, 0.3) is 164 Å². The van der Waals surface area contributed by atoms with Crippen molar-refractivity contribution in [3.8, 4) is 78.1 Å². The number of hydrogen-bond donors (Lipinski definition) is 0. The summed E-state index contributed by atoms with van der Waals surface area (Å²) in [4.78, 5) is 4.81. The molecule has 0 aliphatic heterocycles. The molecule has 0 amide bonds. The smallest absolute Gasteiger partial charge is 0.143 e. The first kappa shape index (κ1) is 70.6. The van der Waals surface area contributed by atoms with E-state index in [4.69, 9.17) is 4.42 Å². The van der Waals surface area contributed by atoms with Crippen molar-refractivity contribution in [1.29, 1.82) is 0 Å². The molecule has 0 atom stereocenters. The number of para-hydroxylation sites is 5. The molecule has 0 saturated heterocycles. The molecule has 0 bridgehead atoms. The van der Waals surface area contributed by atoms with Crippen LogP contribution in [0.4, 0.5) is 34.1 Å². The van der Waals surface area contributed by atoms with Crippen LogP contribution in [-0.2, 0) is 10.8 Å². The second-order valence-electron chi connectivity index (χ2n) is 33.1. The summed E-state index contributed by atoms with van der Waals surface area (Å²) in [7, 11) is 0. The molecular weight excluding hydrogens is 1470 g/mol. The molecule has 18 aromatic carbocycles. The minimum Gasteiger partial charge on any atom is -0.455 e. The van der Waals surface area contributed by atoms with Crippen molar-refractivity contribution in [3.63, 3.8) is 0 Å². The Kier molecular flexibility index (Phi) is 16.4. The van der Waals surface area contributed by atoms with Gasteiger partial charge in [-0.3, -0.25) is 0 Å².